The molecular weight excluding hydrogens is 332 g/mol. The third-order valence-electron chi connectivity index (χ3n) is 4.87. The predicted molar refractivity (Wildman–Crippen MR) is 98.4 cm³/mol. The zero-order chi connectivity index (χ0) is 18.5. The molecule has 26 heavy (non-hydrogen) atoms. The lowest BCUT2D eigenvalue weighted by Gasteiger charge is -2.38. The van der Waals surface area contributed by atoms with Gasteiger partial charge in [0.05, 0.1) is 7.11 Å². The van der Waals surface area contributed by atoms with Crippen LogP contribution in [0.5, 0.6) is 5.88 Å². The maximum absolute atomic E-state index is 12.6. The molecule has 140 valence electrons. The zero-order valence-electron chi connectivity index (χ0n) is 15.6. The average Bonchev–Trinajstić information content (AvgIpc) is 3.14. The van der Waals surface area contributed by atoms with Gasteiger partial charge in [-0.3, -0.25) is 4.79 Å². The molecule has 7 nitrogen and oxygen atoms in total. The summed E-state index contributed by atoms with van der Waals surface area (Å²) in [6.45, 7) is 3.79. The molecule has 0 saturated carbocycles. The number of piperidine rings is 1. The van der Waals surface area contributed by atoms with E-state index in [4.69, 9.17) is 9.26 Å². The molecule has 1 fully saturated rings. The Morgan fingerprint density at radius 2 is 2.31 bits per heavy atom. The summed E-state index contributed by atoms with van der Waals surface area (Å²) in [6, 6.07) is 7.98. The van der Waals surface area contributed by atoms with E-state index in [0.717, 1.165) is 37.4 Å². The number of pyridine rings is 1. The predicted octanol–water partition coefficient (Wildman–Crippen LogP) is 2.45. The molecule has 1 amide bonds. The van der Waals surface area contributed by atoms with Crippen LogP contribution in [0.4, 0.5) is 5.82 Å². The molecule has 3 rings (SSSR count). The van der Waals surface area contributed by atoms with Gasteiger partial charge in [0.1, 0.15) is 11.6 Å². The number of nitrogens with zero attached hydrogens (tertiary/aromatic N) is 4. The van der Waals surface area contributed by atoms with Crippen LogP contribution in [0.2, 0.25) is 0 Å². The summed E-state index contributed by atoms with van der Waals surface area (Å²) < 4.78 is 10.1. The second-order valence-electron chi connectivity index (χ2n) is 6.72. The minimum atomic E-state index is 0.115. The van der Waals surface area contributed by atoms with Crippen molar-refractivity contribution in [2.45, 2.75) is 38.6 Å². The Morgan fingerprint density at radius 1 is 1.46 bits per heavy atom. The molecule has 2 aromatic rings. The SMILES string of the molecule is COc1cc(CCC(=O)N(C)[C@H]2CCCN(c3cccc(C)n3)C2)on1. The number of hydrogen-bond donors (Lipinski definition) is 0. The number of aromatic nitrogens is 2. The molecule has 1 aliphatic rings. The molecule has 0 unspecified atom stereocenters. The lowest BCUT2D eigenvalue weighted by molar-refractivity contribution is -0.132. The van der Waals surface area contributed by atoms with E-state index >= 15 is 0 Å². The van der Waals surface area contributed by atoms with E-state index in [2.05, 4.69) is 15.0 Å². The Morgan fingerprint density at radius 3 is 3.04 bits per heavy atom. The number of ether oxygens (including phenoxy) is 1. The highest BCUT2D eigenvalue weighted by Gasteiger charge is 2.26. The standard InChI is InChI=1S/C19H26N4O3/c1-14-6-4-8-17(20-14)23-11-5-7-15(13-23)22(2)19(24)10-9-16-12-18(25-3)21-26-16/h4,6,8,12,15H,5,7,9-11,13H2,1-3H3/t15-/m0/s1. The fraction of sp³-hybridized carbons (Fsp3) is 0.526. The van der Waals surface area contributed by atoms with Gasteiger partial charge in [0.2, 0.25) is 5.91 Å². The van der Waals surface area contributed by atoms with Crippen LogP contribution in [0.3, 0.4) is 0 Å². The summed E-state index contributed by atoms with van der Waals surface area (Å²) in [6.07, 6.45) is 2.99. The van der Waals surface area contributed by atoms with Gasteiger partial charge in [-0.1, -0.05) is 6.07 Å². The second-order valence-corrected chi connectivity index (χ2v) is 6.72. The smallest absolute Gasteiger partial charge is 0.254 e. The maximum Gasteiger partial charge on any atom is 0.254 e. The second kappa shape index (κ2) is 8.21. The summed E-state index contributed by atoms with van der Waals surface area (Å²) in [4.78, 5) is 21.3. The first kappa shape index (κ1) is 18.2. The lowest BCUT2D eigenvalue weighted by atomic mass is 10.0. The highest BCUT2D eigenvalue weighted by atomic mass is 16.5. The Bertz CT molecular complexity index is 746. The van der Waals surface area contributed by atoms with E-state index in [1.54, 1.807) is 13.2 Å². The van der Waals surface area contributed by atoms with Crippen molar-refractivity contribution in [1.29, 1.82) is 0 Å². The Hall–Kier alpha value is -2.57. The van der Waals surface area contributed by atoms with E-state index in [1.807, 2.05) is 37.1 Å². The highest BCUT2D eigenvalue weighted by Crippen LogP contribution is 2.21. The molecule has 0 aromatic carbocycles. The monoisotopic (exact) mass is 358 g/mol. The summed E-state index contributed by atoms with van der Waals surface area (Å²) in [5, 5.41) is 3.76. The van der Waals surface area contributed by atoms with Gasteiger partial charge in [-0.25, -0.2) is 4.98 Å². The number of likely N-dealkylation sites (N-methyl/N-ethyl adjacent to an activating group) is 1. The van der Waals surface area contributed by atoms with Crippen molar-refractivity contribution in [2.75, 3.05) is 32.1 Å². The van der Waals surface area contributed by atoms with E-state index in [9.17, 15) is 4.79 Å². The molecule has 7 heteroatoms. The van der Waals surface area contributed by atoms with Crippen LogP contribution in [0.25, 0.3) is 0 Å². The molecule has 0 N–H and O–H groups in total. The Labute approximate surface area is 153 Å². The largest absolute Gasteiger partial charge is 0.479 e. The fourth-order valence-electron chi connectivity index (χ4n) is 3.30. The third-order valence-corrected chi connectivity index (χ3v) is 4.87. The minimum Gasteiger partial charge on any atom is -0.479 e. The number of carbonyl (C=O) groups excluding carboxylic acids is 1. The normalized spacial score (nSPS) is 17.2. The van der Waals surface area contributed by atoms with Crippen LogP contribution in [0, 0.1) is 6.92 Å². The number of rotatable bonds is 6. The van der Waals surface area contributed by atoms with Gasteiger partial charge in [0, 0.05) is 50.8 Å². The van der Waals surface area contributed by atoms with Crippen LogP contribution in [0.1, 0.15) is 30.7 Å². The van der Waals surface area contributed by atoms with Gasteiger partial charge in [-0.05, 0) is 37.1 Å². The first-order chi connectivity index (χ1) is 12.6. The summed E-state index contributed by atoms with van der Waals surface area (Å²) in [7, 11) is 3.43. The van der Waals surface area contributed by atoms with Crippen LogP contribution in [0.15, 0.2) is 28.8 Å². The summed E-state index contributed by atoms with van der Waals surface area (Å²) >= 11 is 0. The van der Waals surface area contributed by atoms with Gasteiger partial charge in [-0.2, -0.15) is 0 Å². The number of aryl methyl sites for hydroxylation is 2. The molecule has 1 saturated heterocycles. The van der Waals surface area contributed by atoms with E-state index in [1.165, 1.54) is 0 Å². The van der Waals surface area contributed by atoms with Crippen LogP contribution in [-0.2, 0) is 11.2 Å². The zero-order valence-corrected chi connectivity index (χ0v) is 15.6. The first-order valence-electron chi connectivity index (χ1n) is 9.00. The number of amides is 1. The van der Waals surface area contributed by atoms with Crippen LogP contribution in [-0.4, -0.2) is 54.2 Å². The van der Waals surface area contributed by atoms with Gasteiger partial charge in [0.25, 0.3) is 5.88 Å². The molecule has 1 aliphatic heterocycles. The third kappa shape index (κ3) is 4.33. The van der Waals surface area contributed by atoms with Crippen molar-refractivity contribution >= 4 is 11.7 Å². The van der Waals surface area contributed by atoms with Crippen molar-refractivity contribution in [2.24, 2.45) is 0 Å². The van der Waals surface area contributed by atoms with Crippen molar-refractivity contribution in [3.05, 3.63) is 35.7 Å². The minimum absolute atomic E-state index is 0.115. The Kier molecular flexibility index (Phi) is 5.75. The molecule has 0 radical (unpaired) electrons. The molecule has 3 heterocycles. The number of methoxy groups -OCH3 is 1. The van der Waals surface area contributed by atoms with E-state index in [0.29, 0.717) is 24.5 Å². The van der Waals surface area contributed by atoms with E-state index < -0.39 is 0 Å². The lowest BCUT2D eigenvalue weighted by Crippen LogP contribution is -2.49. The number of carbonyl (C=O) groups is 1. The van der Waals surface area contributed by atoms with Crippen molar-refractivity contribution in [1.82, 2.24) is 15.0 Å². The highest BCUT2D eigenvalue weighted by molar-refractivity contribution is 5.76. The van der Waals surface area contributed by atoms with Gasteiger partial charge < -0.3 is 19.1 Å². The maximum atomic E-state index is 12.6. The quantitative estimate of drug-likeness (QED) is 0.790. The fourth-order valence-corrected chi connectivity index (χ4v) is 3.30. The molecule has 0 aliphatic carbocycles. The number of anilines is 1. The summed E-state index contributed by atoms with van der Waals surface area (Å²) in [5.41, 5.74) is 1.01. The van der Waals surface area contributed by atoms with Crippen LogP contribution < -0.4 is 9.64 Å². The van der Waals surface area contributed by atoms with Crippen LogP contribution >= 0.6 is 0 Å². The topological polar surface area (TPSA) is 71.7 Å². The van der Waals surface area contributed by atoms with Gasteiger partial charge >= 0.3 is 0 Å². The van der Waals surface area contributed by atoms with Crippen molar-refractivity contribution < 1.29 is 14.1 Å². The first-order valence-corrected chi connectivity index (χ1v) is 9.00. The molecule has 0 bridgehead atoms. The molecule has 1 atom stereocenters. The van der Waals surface area contributed by atoms with Gasteiger partial charge in [0.15, 0.2) is 0 Å². The average molecular weight is 358 g/mol. The summed E-state index contributed by atoms with van der Waals surface area (Å²) in [5.74, 6) is 2.21. The van der Waals surface area contributed by atoms with Gasteiger partial charge in [-0.15, -0.1) is 0 Å². The Balaban J connectivity index is 1.56. The van der Waals surface area contributed by atoms with Crippen molar-refractivity contribution in [3.63, 3.8) is 0 Å². The molecule has 0 spiro atoms. The van der Waals surface area contributed by atoms with E-state index in [-0.39, 0.29) is 11.9 Å². The number of hydrogen-bond acceptors (Lipinski definition) is 6. The van der Waals surface area contributed by atoms with Crippen molar-refractivity contribution in [3.8, 4) is 5.88 Å². The molecular formula is C19H26N4O3. The molecule has 2 aromatic heterocycles.